The third-order valence-corrected chi connectivity index (χ3v) is 5.03. The molecule has 0 radical (unpaired) electrons. The third-order valence-electron chi connectivity index (χ3n) is 5.03. The standard InChI is InChI=1S/C18H30N2/c1-3-17-11-7-8-14-20(17)18(2,15-19)13-12-16-9-5-4-6-10-16/h4-6,9-10,17H,3,7-8,11-15,19H2,1-2H3. The van der Waals surface area contributed by atoms with Gasteiger partial charge >= 0.3 is 0 Å². The molecule has 1 aromatic carbocycles. The summed E-state index contributed by atoms with van der Waals surface area (Å²) in [6, 6.07) is 11.5. The molecule has 0 bridgehead atoms. The van der Waals surface area contributed by atoms with Crippen LogP contribution in [0.3, 0.4) is 0 Å². The van der Waals surface area contributed by atoms with Crippen LogP contribution in [0.2, 0.25) is 0 Å². The van der Waals surface area contributed by atoms with E-state index in [0.29, 0.717) is 0 Å². The number of benzene rings is 1. The van der Waals surface area contributed by atoms with Gasteiger partial charge in [-0.1, -0.05) is 43.7 Å². The van der Waals surface area contributed by atoms with Crippen molar-refractivity contribution in [3.8, 4) is 0 Å². The molecule has 2 unspecified atom stereocenters. The Morgan fingerprint density at radius 1 is 1.25 bits per heavy atom. The van der Waals surface area contributed by atoms with E-state index in [1.165, 1.54) is 37.8 Å². The van der Waals surface area contributed by atoms with Gasteiger partial charge in [-0.3, -0.25) is 4.90 Å². The molecule has 0 aromatic heterocycles. The van der Waals surface area contributed by atoms with Gasteiger partial charge in [-0.15, -0.1) is 0 Å². The van der Waals surface area contributed by atoms with Crippen LogP contribution in [0.15, 0.2) is 30.3 Å². The summed E-state index contributed by atoms with van der Waals surface area (Å²) in [7, 11) is 0. The van der Waals surface area contributed by atoms with Gasteiger partial charge in [-0.25, -0.2) is 0 Å². The normalized spacial score (nSPS) is 23.4. The Bertz CT molecular complexity index is 390. The number of nitrogens with zero attached hydrogens (tertiary/aromatic N) is 1. The molecule has 20 heavy (non-hydrogen) atoms. The minimum Gasteiger partial charge on any atom is -0.329 e. The topological polar surface area (TPSA) is 29.3 Å². The summed E-state index contributed by atoms with van der Waals surface area (Å²) < 4.78 is 0. The van der Waals surface area contributed by atoms with Crippen LogP contribution < -0.4 is 5.73 Å². The number of hydrogen-bond donors (Lipinski definition) is 1. The average molecular weight is 274 g/mol. The molecule has 1 fully saturated rings. The highest BCUT2D eigenvalue weighted by Crippen LogP contribution is 2.30. The number of nitrogens with two attached hydrogens (primary N) is 1. The van der Waals surface area contributed by atoms with Crippen LogP contribution in [-0.4, -0.2) is 29.6 Å². The van der Waals surface area contributed by atoms with E-state index in [1.807, 2.05) is 0 Å². The first-order chi connectivity index (χ1) is 9.69. The summed E-state index contributed by atoms with van der Waals surface area (Å²) in [5, 5.41) is 0. The maximum Gasteiger partial charge on any atom is 0.0309 e. The molecule has 0 saturated carbocycles. The molecule has 0 amide bonds. The van der Waals surface area contributed by atoms with Gasteiger partial charge in [0.25, 0.3) is 0 Å². The predicted molar refractivity (Wildman–Crippen MR) is 86.9 cm³/mol. The molecule has 2 nitrogen and oxygen atoms in total. The second-order valence-corrected chi connectivity index (χ2v) is 6.44. The van der Waals surface area contributed by atoms with E-state index in [9.17, 15) is 0 Å². The van der Waals surface area contributed by atoms with E-state index >= 15 is 0 Å². The highest BCUT2D eigenvalue weighted by atomic mass is 15.2. The minimum atomic E-state index is 0.150. The molecule has 1 aliphatic rings. The van der Waals surface area contributed by atoms with Gasteiger partial charge in [0, 0.05) is 18.1 Å². The van der Waals surface area contributed by atoms with Crippen molar-refractivity contribution in [3.05, 3.63) is 35.9 Å². The van der Waals surface area contributed by atoms with Crippen molar-refractivity contribution in [3.63, 3.8) is 0 Å². The van der Waals surface area contributed by atoms with E-state index in [0.717, 1.165) is 25.4 Å². The molecule has 112 valence electrons. The van der Waals surface area contributed by atoms with Crippen molar-refractivity contribution in [1.29, 1.82) is 0 Å². The first kappa shape index (κ1) is 15.5. The monoisotopic (exact) mass is 274 g/mol. The van der Waals surface area contributed by atoms with Crippen LogP contribution in [0.1, 0.15) is 51.5 Å². The lowest BCUT2D eigenvalue weighted by Crippen LogP contribution is -2.57. The van der Waals surface area contributed by atoms with E-state index in [2.05, 4.69) is 49.1 Å². The van der Waals surface area contributed by atoms with Crippen molar-refractivity contribution in [1.82, 2.24) is 4.90 Å². The van der Waals surface area contributed by atoms with E-state index in [4.69, 9.17) is 5.73 Å². The molecule has 2 rings (SSSR count). The minimum absolute atomic E-state index is 0.150. The number of hydrogen-bond acceptors (Lipinski definition) is 2. The number of rotatable bonds is 6. The number of likely N-dealkylation sites (tertiary alicyclic amines) is 1. The molecule has 2 heteroatoms. The lowest BCUT2D eigenvalue weighted by molar-refractivity contribution is 0.0262. The smallest absolute Gasteiger partial charge is 0.0309 e. The first-order valence-corrected chi connectivity index (χ1v) is 8.20. The van der Waals surface area contributed by atoms with Crippen LogP contribution in [0, 0.1) is 0 Å². The molecular weight excluding hydrogens is 244 g/mol. The summed E-state index contributed by atoms with van der Waals surface area (Å²) in [5.74, 6) is 0. The summed E-state index contributed by atoms with van der Waals surface area (Å²) in [4.78, 5) is 2.71. The second kappa shape index (κ2) is 7.24. The predicted octanol–water partition coefficient (Wildman–Crippen LogP) is 3.60. The Kier molecular flexibility index (Phi) is 5.62. The van der Waals surface area contributed by atoms with Crippen LogP contribution in [0.4, 0.5) is 0 Å². The maximum absolute atomic E-state index is 6.18. The fourth-order valence-electron chi connectivity index (χ4n) is 3.56. The number of piperidine rings is 1. The lowest BCUT2D eigenvalue weighted by Gasteiger charge is -2.48. The van der Waals surface area contributed by atoms with Gasteiger partial charge < -0.3 is 5.73 Å². The molecule has 2 N–H and O–H groups in total. The van der Waals surface area contributed by atoms with Crippen molar-refractivity contribution in [2.24, 2.45) is 5.73 Å². The van der Waals surface area contributed by atoms with Gasteiger partial charge in [-0.2, -0.15) is 0 Å². The Morgan fingerprint density at radius 2 is 2.00 bits per heavy atom. The quantitative estimate of drug-likeness (QED) is 0.859. The average Bonchev–Trinajstić information content (AvgIpc) is 2.53. The Labute approximate surface area is 124 Å². The molecule has 0 spiro atoms. The molecule has 1 heterocycles. The van der Waals surface area contributed by atoms with Crippen molar-refractivity contribution in [2.75, 3.05) is 13.1 Å². The zero-order valence-electron chi connectivity index (χ0n) is 13.1. The highest BCUT2D eigenvalue weighted by molar-refractivity contribution is 5.15. The zero-order chi connectivity index (χ0) is 14.4. The van der Waals surface area contributed by atoms with Crippen molar-refractivity contribution in [2.45, 2.75) is 64.0 Å². The summed E-state index contributed by atoms with van der Waals surface area (Å²) in [6.45, 7) is 6.67. The molecular formula is C18H30N2. The van der Waals surface area contributed by atoms with Crippen LogP contribution in [0.25, 0.3) is 0 Å². The zero-order valence-corrected chi connectivity index (χ0v) is 13.1. The number of aryl methyl sites for hydroxylation is 1. The fourth-order valence-corrected chi connectivity index (χ4v) is 3.56. The van der Waals surface area contributed by atoms with E-state index in [1.54, 1.807) is 0 Å². The van der Waals surface area contributed by atoms with E-state index in [-0.39, 0.29) is 5.54 Å². The van der Waals surface area contributed by atoms with Crippen LogP contribution >= 0.6 is 0 Å². The largest absolute Gasteiger partial charge is 0.329 e. The van der Waals surface area contributed by atoms with E-state index < -0.39 is 0 Å². The van der Waals surface area contributed by atoms with Crippen LogP contribution in [-0.2, 0) is 6.42 Å². The molecule has 0 aliphatic carbocycles. The molecule has 1 aromatic rings. The maximum atomic E-state index is 6.18. The van der Waals surface area contributed by atoms with Crippen molar-refractivity contribution < 1.29 is 0 Å². The Morgan fingerprint density at radius 3 is 2.65 bits per heavy atom. The van der Waals surface area contributed by atoms with Gasteiger partial charge in [-0.05, 0) is 51.1 Å². The fraction of sp³-hybridized carbons (Fsp3) is 0.667. The molecule has 2 atom stereocenters. The first-order valence-electron chi connectivity index (χ1n) is 8.20. The SMILES string of the molecule is CCC1CCCCN1C(C)(CN)CCc1ccccc1. The van der Waals surface area contributed by atoms with Gasteiger partial charge in [0.15, 0.2) is 0 Å². The van der Waals surface area contributed by atoms with Gasteiger partial charge in [0.05, 0.1) is 0 Å². The Hall–Kier alpha value is -0.860. The lowest BCUT2D eigenvalue weighted by atomic mass is 9.86. The highest BCUT2D eigenvalue weighted by Gasteiger charge is 2.35. The summed E-state index contributed by atoms with van der Waals surface area (Å²) >= 11 is 0. The molecule has 1 saturated heterocycles. The van der Waals surface area contributed by atoms with Crippen LogP contribution in [0.5, 0.6) is 0 Å². The van der Waals surface area contributed by atoms with Gasteiger partial charge in [0.2, 0.25) is 0 Å². The third kappa shape index (κ3) is 3.62. The summed E-state index contributed by atoms with van der Waals surface area (Å²) in [6.07, 6.45) is 7.59. The van der Waals surface area contributed by atoms with Crippen molar-refractivity contribution >= 4 is 0 Å². The van der Waals surface area contributed by atoms with Gasteiger partial charge in [0.1, 0.15) is 0 Å². The second-order valence-electron chi connectivity index (χ2n) is 6.44. The molecule has 1 aliphatic heterocycles. The Balaban J connectivity index is 2.03. The summed E-state index contributed by atoms with van der Waals surface area (Å²) in [5.41, 5.74) is 7.76.